The van der Waals surface area contributed by atoms with E-state index in [1.807, 2.05) is 24.3 Å². The minimum absolute atomic E-state index is 0.0854. The summed E-state index contributed by atoms with van der Waals surface area (Å²) >= 11 is 1.63. The molecule has 1 heterocycles. The number of thioether (sulfide) groups is 1. The molecule has 0 aliphatic carbocycles. The maximum Gasteiger partial charge on any atom is 0.232 e. The van der Waals surface area contributed by atoms with Gasteiger partial charge in [-0.25, -0.2) is 4.39 Å². The molecule has 0 radical (unpaired) electrons. The van der Waals surface area contributed by atoms with Crippen LogP contribution in [0.25, 0.3) is 0 Å². The molecule has 0 aromatic heterocycles. The number of carbonyl (C=O) groups is 1. The summed E-state index contributed by atoms with van der Waals surface area (Å²) in [6.07, 6.45) is 0. The van der Waals surface area contributed by atoms with E-state index in [9.17, 15) is 9.18 Å². The molecule has 1 atom stereocenters. The van der Waals surface area contributed by atoms with Crippen LogP contribution in [0.5, 0.6) is 5.75 Å². The van der Waals surface area contributed by atoms with Crippen molar-refractivity contribution in [2.75, 3.05) is 11.1 Å². The lowest BCUT2D eigenvalue weighted by Crippen LogP contribution is -2.21. The minimum Gasteiger partial charge on any atom is -0.508 e. The molecule has 102 valence electrons. The van der Waals surface area contributed by atoms with Gasteiger partial charge in [-0.05, 0) is 23.8 Å². The van der Waals surface area contributed by atoms with Gasteiger partial charge in [-0.2, -0.15) is 0 Å². The van der Waals surface area contributed by atoms with Crippen LogP contribution in [0, 0.1) is 5.82 Å². The summed E-state index contributed by atoms with van der Waals surface area (Å²) < 4.78 is 13.6. The Balaban J connectivity index is 1.81. The maximum atomic E-state index is 13.6. The zero-order valence-corrected chi connectivity index (χ0v) is 11.3. The van der Waals surface area contributed by atoms with Crippen LogP contribution in [0.2, 0.25) is 0 Å². The van der Waals surface area contributed by atoms with Crippen molar-refractivity contribution in [3.05, 3.63) is 53.8 Å². The van der Waals surface area contributed by atoms with E-state index < -0.39 is 5.82 Å². The van der Waals surface area contributed by atoms with Gasteiger partial charge in [-0.3, -0.25) is 4.79 Å². The summed E-state index contributed by atoms with van der Waals surface area (Å²) in [6.45, 7) is 0. The number of nitrogens with one attached hydrogen (secondary N) is 1. The Hall–Kier alpha value is -2.01. The first-order valence-corrected chi connectivity index (χ1v) is 7.15. The molecule has 0 saturated carbocycles. The second kappa shape index (κ2) is 5.17. The molecule has 3 nitrogen and oxygen atoms in total. The number of rotatable bonds is 2. The highest BCUT2D eigenvalue weighted by Gasteiger charge is 2.29. The van der Waals surface area contributed by atoms with Gasteiger partial charge in [0.15, 0.2) is 0 Å². The fourth-order valence-electron chi connectivity index (χ4n) is 2.20. The molecular weight excluding hydrogens is 277 g/mol. The smallest absolute Gasteiger partial charge is 0.232 e. The van der Waals surface area contributed by atoms with Crippen LogP contribution >= 0.6 is 11.8 Å². The average molecular weight is 289 g/mol. The van der Waals surface area contributed by atoms with E-state index in [1.54, 1.807) is 11.8 Å². The number of hydrogen-bond acceptors (Lipinski definition) is 3. The van der Waals surface area contributed by atoms with Gasteiger partial charge in [0.25, 0.3) is 0 Å². The molecular formula is C15H12FNO2S. The number of phenols is 1. The molecule has 20 heavy (non-hydrogen) atoms. The number of halogens is 1. The van der Waals surface area contributed by atoms with Crippen molar-refractivity contribution in [3.8, 4) is 5.75 Å². The normalized spacial score (nSPS) is 16.8. The fourth-order valence-corrected chi connectivity index (χ4v) is 3.43. The van der Waals surface area contributed by atoms with Crippen LogP contribution in [0.4, 0.5) is 10.1 Å². The van der Waals surface area contributed by atoms with Gasteiger partial charge in [0.05, 0.1) is 11.6 Å². The van der Waals surface area contributed by atoms with Crippen molar-refractivity contribution in [2.24, 2.45) is 0 Å². The predicted octanol–water partition coefficient (Wildman–Crippen LogP) is 3.36. The van der Waals surface area contributed by atoms with E-state index in [4.69, 9.17) is 5.11 Å². The zero-order valence-electron chi connectivity index (χ0n) is 10.5. The van der Waals surface area contributed by atoms with E-state index in [0.717, 1.165) is 16.5 Å². The lowest BCUT2D eigenvalue weighted by atomic mass is 10.0. The predicted molar refractivity (Wildman–Crippen MR) is 76.6 cm³/mol. The number of fused-ring (bicyclic) bond motifs is 1. The van der Waals surface area contributed by atoms with Crippen LogP contribution in [0.1, 0.15) is 11.5 Å². The monoisotopic (exact) mass is 289 g/mol. The van der Waals surface area contributed by atoms with Gasteiger partial charge in [-0.1, -0.05) is 18.2 Å². The molecule has 3 rings (SSSR count). The number of phenolic OH excluding ortho intramolecular Hbond substituents is 1. The van der Waals surface area contributed by atoms with Crippen molar-refractivity contribution >= 4 is 23.4 Å². The van der Waals surface area contributed by atoms with Gasteiger partial charge in [0.2, 0.25) is 5.91 Å². The Morgan fingerprint density at radius 3 is 2.90 bits per heavy atom. The highest BCUT2D eigenvalue weighted by molar-refractivity contribution is 7.99. The van der Waals surface area contributed by atoms with Crippen LogP contribution in [-0.4, -0.2) is 16.8 Å². The Kier molecular flexibility index (Phi) is 3.36. The van der Waals surface area contributed by atoms with E-state index in [2.05, 4.69) is 5.32 Å². The molecule has 1 amide bonds. The summed E-state index contributed by atoms with van der Waals surface area (Å²) in [7, 11) is 0. The van der Waals surface area contributed by atoms with Gasteiger partial charge in [0, 0.05) is 16.7 Å². The molecule has 2 N–H and O–H groups in total. The summed E-state index contributed by atoms with van der Waals surface area (Å²) in [5.74, 6) is -0.652. The number of benzene rings is 2. The topological polar surface area (TPSA) is 49.3 Å². The van der Waals surface area contributed by atoms with E-state index in [-0.39, 0.29) is 23.3 Å². The Bertz CT molecular complexity index is 675. The first-order chi connectivity index (χ1) is 9.65. The second-order valence-electron chi connectivity index (χ2n) is 4.55. The Morgan fingerprint density at radius 2 is 2.10 bits per heavy atom. The molecule has 0 fully saturated rings. The van der Waals surface area contributed by atoms with Crippen LogP contribution in [-0.2, 0) is 4.79 Å². The number of hydrogen-bond donors (Lipinski definition) is 2. The largest absolute Gasteiger partial charge is 0.508 e. The van der Waals surface area contributed by atoms with Gasteiger partial charge < -0.3 is 10.4 Å². The van der Waals surface area contributed by atoms with Gasteiger partial charge >= 0.3 is 0 Å². The standard InChI is InChI=1S/C15H12FNO2S/c16-12-7-9(18)5-6-13(12)17-15(19)11-8-20-14-4-2-1-3-10(11)14/h1-7,11,18H,8H2,(H,17,19). The number of amides is 1. The zero-order chi connectivity index (χ0) is 14.1. The van der Waals surface area contributed by atoms with Crippen molar-refractivity contribution in [1.29, 1.82) is 0 Å². The molecule has 0 bridgehead atoms. The number of anilines is 1. The quantitative estimate of drug-likeness (QED) is 0.833. The molecule has 0 saturated heterocycles. The Labute approximate surface area is 119 Å². The van der Waals surface area contributed by atoms with Crippen molar-refractivity contribution in [2.45, 2.75) is 10.8 Å². The van der Waals surface area contributed by atoms with Crippen LogP contribution < -0.4 is 5.32 Å². The number of aromatic hydroxyl groups is 1. The molecule has 1 aliphatic rings. The van der Waals surface area contributed by atoms with E-state index in [0.29, 0.717) is 5.75 Å². The highest BCUT2D eigenvalue weighted by Crippen LogP contribution is 2.39. The molecule has 5 heteroatoms. The van der Waals surface area contributed by atoms with Crippen LogP contribution in [0.15, 0.2) is 47.4 Å². The van der Waals surface area contributed by atoms with Crippen LogP contribution in [0.3, 0.4) is 0 Å². The maximum absolute atomic E-state index is 13.6. The van der Waals surface area contributed by atoms with Crippen molar-refractivity contribution < 1.29 is 14.3 Å². The van der Waals surface area contributed by atoms with E-state index >= 15 is 0 Å². The molecule has 1 aliphatic heterocycles. The molecule has 2 aromatic rings. The van der Waals surface area contributed by atoms with Crippen molar-refractivity contribution in [1.82, 2.24) is 0 Å². The summed E-state index contributed by atoms with van der Waals surface area (Å²) in [6, 6.07) is 11.4. The Morgan fingerprint density at radius 1 is 1.30 bits per heavy atom. The minimum atomic E-state index is -0.641. The SMILES string of the molecule is O=C(Nc1ccc(O)cc1F)C1CSc2ccccc21. The van der Waals surface area contributed by atoms with Gasteiger partial charge in [-0.15, -0.1) is 11.8 Å². The third-order valence-electron chi connectivity index (χ3n) is 3.23. The first-order valence-electron chi connectivity index (χ1n) is 6.16. The fraction of sp³-hybridized carbons (Fsp3) is 0.133. The lowest BCUT2D eigenvalue weighted by molar-refractivity contribution is -0.117. The lowest BCUT2D eigenvalue weighted by Gasteiger charge is -2.12. The third-order valence-corrected chi connectivity index (χ3v) is 4.41. The number of carbonyl (C=O) groups excluding carboxylic acids is 1. The summed E-state index contributed by atoms with van der Waals surface area (Å²) in [4.78, 5) is 13.4. The molecule has 0 spiro atoms. The first kappa shape index (κ1) is 13.0. The highest BCUT2D eigenvalue weighted by atomic mass is 32.2. The summed E-state index contributed by atoms with van der Waals surface area (Å²) in [5.41, 5.74) is 1.07. The van der Waals surface area contributed by atoms with Gasteiger partial charge in [0.1, 0.15) is 11.6 Å². The third kappa shape index (κ3) is 2.36. The molecule has 1 unspecified atom stereocenters. The van der Waals surface area contributed by atoms with Crippen molar-refractivity contribution in [3.63, 3.8) is 0 Å². The molecule has 2 aromatic carbocycles. The summed E-state index contributed by atoms with van der Waals surface area (Å²) in [5, 5.41) is 11.7. The van der Waals surface area contributed by atoms with E-state index in [1.165, 1.54) is 12.1 Å². The average Bonchev–Trinajstić information content (AvgIpc) is 2.86. The second-order valence-corrected chi connectivity index (χ2v) is 5.62.